The van der Waals surface area contributed by atoms with E-state index in [1.165, 1.54) is 12.5 Å². The van der Waals surface area contributed by atoms with Gasteiger partial charge in [-0.15, -0.1) is 0 Å². The quantitative estimate of drug-likeness (QED) is 0.768. The molecule has 0 aliphatic rings. The topological polar surface area (TPSA) is 29.9 Å². The minimum atomic E-state index is -3.99. The molecule has 0 aromatic carbocycles. The fourth-order valence-corrected chi connectivity index (χ4v) is 0.989. The first-order valence-corrected chi connectivity index (χ1v) is 4.25. The van der Waals surface area contributed by atoms with Crippen LogP contribution in [0.15, 0.2) is 12.5 Å². The average molecular weight is 225 g/mol. The molecule has 0 radical (unpaired) electrons. The van der Waals surface area contributed by atoms with Gasteiger partial charge in [0.25, 0.3) is 0 Å². The van der Waals surface area contributed by atoms with Gasteiger partial charge in [0.1, 0.15) is 0 Å². The molecule has 86 valence electrons. The molecule has 0 unspecified atom stereocenters. The summed E-state index contributed by atoms with van der Waals surface area (Å²) in [4.78, 5) is 3.76. The molecule has 0 saturated heterocycles. The Labute approximate surface area is 84.1 Å². The first-order valence-electron chi connectivity index (χ1n) is 4.25. The van der Waals surface area contributed by atoms with Gasteiger partial charge >= 0.3 is 12.3 Å². The smallest absolute Gasteiger partial charge is 0.319 e. The lowest BCUT2D eigenvalue weighted by Gasteiger charge is -2.15. The summed E-state index contributed by atoms with van der Waals surface area (Å²) in [6.07, 6.45) is -0.660. The second-order valence-electron chi connectivity index (χ2n) is 3.16. The van der Waals surface area contributed by atoms with Crippen LogP contribution in [0, 0.1) is 0 Å². The summed E-state index contributed by atoms with van der Waals surface area (Å²) in [6, 6.07) is 0. The van der Waals surface area contributed by atoms with E-state index in [0.29, 0.717) is 5.69 Å². The fraction of sp³-hybridized carbons (Fsp3) is 0.625. The summed E-state index contributed by atoms with van der Waals surface area (Å²) in [5, 5.41) is 2.26. The van der Waals surface area contributed by atoms with Gasteiger partial charge in [-0.05, 0) is 0 Å². The number of rotatable bonds is 5. The van der Waals surface area contributed by atoms with Crippen LogP contribution < -0.4 is 5.32 Å². The molecule has 0 aliphatic heterocycles. The lowest BCUT2D eigenvalue weighted by molar-refractivity contribution is -0.125. The third-order valence-electron chi connectivity index (χ3n) is 1.90. The second kappa shape index (κ2) is 4.61. The number of nitrogens with zero attached hydrogens (tertiary/aromatic N) is 2. The molecular weight excluding hydrogens is 214 g/mol. The first-order chi connectivity index (χ1) is 6.93. The summed E-state index contributed by atoms with van der Waals surface area (Å²) < 4.78 is 50.0. The number of halogens is 4. The normalized spacial score (nSPS) is 12.4. The lowest BCUT2D eigenvalue weighted by atomic mass is 10.3. The van der Waals surface area contributed by atoms with Crippen LogP contribution in [0.1, 0.15) is 5.69 Å². The Balaban J connectivity index is 2.37. The fourth-order valence-electron chi connectivity index (χ4n) is 0.989. The van der Waals surface area contributed by atoms with Gasteiger partial charge in [0.05, 0.1) is 18.6 Å². The van der Waals surface area contributed by atoms with Crippen LogP contribution in [-0.2, 0) is 13.6 Å². The Hall–Kier alpha value is -1.11. The zero-order valence-corrected chi connectivity index (χ0v) is 8.05. The highest BCUT2D eigenvalue weighted by molar-refractivity contribution is 4.96. The summed E-state index contributed by atoms with van der Waals surface area (Å²) >= 11 is 0. The van der Waals surface area contributed by atoms with E-state index in [1.807, 2.05) is 0 Å². The number of aromatic nitrogens is 2. The molecule has 7 heteroatoms. The molecule has 15 heavy (non-hydrogen) atoms. The van der Waals surface area contributed by atoms with E-state index in [1.54, 1.807) is 11.6 Å². The number of aryl methyl sites for hydroxylation is 1. The summed E-state index contributed by atoms with van der Waals surface area (Å²) in [5.74, 6) is -3.99. The van der Waals surface area contributed by atoms with Gasteiger partial charge in [0, 0.05) is 19.8 Å². The molecule has 0 saturated carbocycles. The van der Waals surface area contributed by atoms with Crippen LogP contribution in [0.4, 0.5) is 17.6 Å². The highest BCUT2D eigenvalue weighted by Crippen LogP contribution is 2.21. The molecule has 0 spiro atoms. The molecule has 1 aromatic heterocycles. The maximum atomic E-state index is 12.4. The average Bonchev–Trinajstić information content (AvgIpc) is 2.51. The van der Waals surface area contributed by atoms with Gasteiger partial charge in [0.15, 0.2) is 0 Å². The van der Waals surface area contributed by atoms with Crippen molar-refractivity contribution >= 4 is 0 Å². The summed E-state index contributed by atoms with van der Waals surface area (Å²) in [7, 11) is 1.69. The maximum Gasteiger partial charge on any atom is 0.319 e. The molecule has 1 N–H and O–H groups in total. The van der Waals surface area contributed by atoms with Crippen molar-refractivity contribution in [1.82, 2.24) is 14.9 Å². The van der Waals surface area contributed by atoms with E-state index >= 15 is 0 Å². The van der Waals surface area contributed by atoms with Crippen molar-refractivity contribution in [2.24, 2.45) is 7.05 Å². The monoisotopic (exact) mass is 225 g/mol. The second-order valence-corrected chi connectivity index (χ2v) is 3.16. The van der Waals surface area contributed by atoms with Gasteiger partial charge in [0.2, 0.25) is 0 Å². The van der Waals surface area contributed by atoms with Crippen molar-refractivity contribution in [1.29, 1.82) is 0 Å². The molecule has 0 fully saturated rings. The van der Waals surface area contributed by atoms with Crippen LogP contribution in [0.3, 0.4) is 0 Å². The van der Waals surface area contributed by atoms with Crippen LogP contribution in [0.25, 0.3) is 0 Å². The van der Waals surface area contributed by atoms with E-state index in [4.69, 9.17) is 0 Å². The van der Waals surface area contributed by atoms with E-state index < -0.39 is 18.9 Å². The van der Waals surface area contributed by atoms with Crippen LogP contribution >= 0.6 is 0 Å². The number of nitrogens with one attached hydrogen (secondary N) is 1. The Morgan fingerprint density at radius 3 is 2.67 bits per heavy atom. The third kappa shape index (κ3) is 3.19. The van der Waals surface area contributed by atoms with E-state index in [2.05, 4.69) is 10.3 Å². The van der Waals surface area contributed by atoms with Gasteiger partial charge in [-0.25, -0.2) is 13.8 Å². The molecular formula is C8H11F4N3. The summed E-state index contributed by atoms with van der Waals surface area (Å²) in [6.45, 7) is -0.964. The van der Waals surface area contributed by atoms with E-state index in [9.17, 15) is 17.6 Å². The number of hydrogen-bond acceptors (Lipinski definition) is 2. The predicted octanol–water partition coefficient (Wildman–Crippen LogP) is 1.41. The zero-order chi connectivity index (χ0) is 11.5. The molecule has 1 heterocycles. The molecule has 0 aliphatic carbocycles. The Morgan fingerprint density at radius 2 is 2.20 bits per heavy atom. The van der Waals surface area contributed by atoms with E-state index in [-0.39, 0.29) is 6.54 Å². The van der Waals surface area contributed by atoms with Gasteiger partial charge in [-0.2, -0.15) is 8.78 Å². The van der Waals surface area contributed by atoms with Crippen molar-refractivity contribution < 1.29 is 17.6 Å². The largest absolute Gasteiger partial charge is 0.337 e. The highest BCUT2D eigenvalue weighted by atomic mass is 19.3. The van der Waals surface area contributed by atoms with Crippen LogP contribution in [0.5, 0.6) is 0 Å². The van der Waals surface area contributed by atoms with Crippen molar-refractivity contribution in [3.8, 4) is 0 Å². The van der Waals surface area contributed by atoms with Gasteiger partial charge in [-0.3, -0.25) is 0 Å². The van der Waals surface area contributed by atoms with Crippen molar-refractivity contribution in [3.05, 3.63) is 18.2 Å². The Kier molecular flexibility index (Phi) is 3.67. The third-order valence-corrected chi connectivity index (χ3v) is 1.90. The Morgan fingerprint density at radius 1 is 1.53 bits per heavy atom. The summed E-state index contributed by atoms with van der Waals surface area (Å²) in [5.41, 5.74) is 0.653. The number of hydrogen-bond donors (Lipinski definition) is 1. The van der Waals surface area contributed by atoms with Crippen molar-refractivity contribution in [3.63, 3.8) is 0 Å². The Bertz CT molecular complexity index is 311. The molecule has 1 rings (SSSR count). The number of imidazole rings is 1. The molecule has 1 aromatic rings. The standard InChI is InChI=1S/C8H11F4N3/c1-15-5-14-3-6(15)2-13-4-8(11,12)7(9)10/h3,5,7,13H,2,4H2,1H3. The van der Waals surface area contributed by atoms with Crippen molar-refractivity contribution in [2.45, 2.75) is 18.9 Å². The SMILES string of the molecule is Cn1cncc1CNCC(F)(F)C(F)F. The molecule has 3 nitrogen and oxygen atoms in total. The predicted molar refractivity (Wildman–Crippen MR) is 45.9 cm³/mol. The minimum absolute atomic E-state index is 0.0822. The highest BCUT2D eigenvalue weighted by Gasteiger charge is 2.39. The van der Waals surface area contributed by atoms with Gasteiger partial charge < -0.3 is 9.88 Å². The molecule has 0 bridgehead atoms. The number of alkyl halides is 4. The lowest BCUT2D eigenvalue weighted by Crippen LogP contribution is -2.38. The molecule has 0 amide bonds. The molecule has 0 atom stereocenters. The van der Waals surface area contributed by atoms with Crippen LogP contribution in [-0.4, -0.2) is 28.4 Å². The van der Waals surface area contributed by atoms with Crippen molar-refractivity contribution in [2.75, 3.05) is 6.54 Å². The van der Waals surface area contributed by atoms with Crippen LogP contribution in [0.2, 0.25) is 0 Å². The maximum absolute atomic E-state index is 12.4. The minimum Gasteiger partial charge on any atom is -0.337 e. The first kappa shape index (κ1) is 12.0. The zero-order valence-electron chi connectivity index (χ0n) is 8.05. The van der Waals surface area contributed by atoms with E-state index in [0.717, 1.165) is 0 Å². The van der Waals surface area contributed by atoms with Gasteiger partial charge in [-0.1, -0.05) is 0 Å².